The van der Waals surface area contributed by atoms with Crippen LogP contribution in [-0.4, -0.2) is 32.6 Å². The Labute approximate surface area is 115 Å². The number of esters is 1. The molecule has 4 N–H and O–H groups in total. The van der Waals surface area contributed by atoms with Crippen LogP contribution < -0.4 is 11.5 Å². The van der Waals surface area contributed by atoms with E-state index in [-0.39, 0.29) is 29.7 Å². The van der Waals surface area contributed by atoms with E-state index < -0.39 is 0 Å². The van der Waals surface area contributed by atoms with Gasteiger partial charge < -0.3 is 20.8 Å². The summed E-state index contributed by atoms with van der Waals surface area (Å²) in [5.74, 6) is 0.164. The number of imidazole rings is 1. The molecule has 20 heavy (non-hydrogen) atoms. The van der Waals surface area contributed by atoms with Gasteiger partial charge in [0.15, 0.2) is 11.5 Å². The fourth-order valence-corrected chi connectivity index (χ4v) is 2.81. The molecular formula is C12H16N6O2. The number of ether oxygens (including phenoxy) is 1. The molecule has 0 aromatic carbocycles. The molecule has 2 aromatic rings. The van der Waals surface area contributed by atoms with Crippen LogP contribution in [0.5, 0.6) is 0 Å². The zero-order valence-corrected chi connectivity index (χ0v) is 11.1. The molecule has 0 spiro atoms. The minimum atomic E-state index is -0.162. The first-order valence-corrected chi connectivity index (χ1v) is 6.43. The molecule has 0 unspecified atom stereocenters. The summed E-state index contributed by atoms with van der Waals surface area (Å²) < 4.78 is 6.72. The SMILES string of the molecule is COC(=O)[C@@H]1CC[C@@H](n2cnc3c(N)nc(N)nc32)C1. The van der Waals surface area contributed by atoms with Gasteiger partial charge in [0.2, 0.25) is 5.95 Å². The summed E-state index contributed by atoms with van der Waals surface area (Å²) in [4.78, 5) is 23.9. The first-order chi connectivity index (χ1) is 9.60. The Morgan fingerprint density at radius 3 is 2.95 bits per heavy atom. The molecular weight excluding hydrogens is 260 g/mol. The topological polar surface area (TPSA) is 122 Å². The highest BCUT2D eigenvalue weighted by Gasteiger charge is 2.32. The Morgan fingerprint density at radius 1 is 1.40 bits per heavy atom. The molecule has 0 radical (unpaired) electrons. The average molecular weight is 276 g/mol. The van der Waals surface area contributed by atoms with Crippen LogP contribution in [0.25, 0.3) is 11.2 Å². The number of aromatic nitrogens is 4. The van der Waals surface area contributed by atoms with Crippen LogP contribution in [0.3, 0.4) is 0 Å². The highest BCUT2D eigenvalue weighted by Crippen LogP contribution is 2.36. The molecule has 106 valence electrons. The van der Waals surface area contributed by atoms with Crippen molar-refractivity contribution in [1.82, 2.24) is 19.5 Å². The Bertz CT molecular complexity index is 667. The number of methoxy groups -OCH3 is 1. The van der Waals surface area contributed by atoms with E-state index in [2.05, 4.69) is 15.0 Å². The number of carbonyl (C=O) groups excluding carboxylic acids is 1. The first-order valence-electron chi connectivity index (χ1n) is 6.43. The molecule has 0 amide bonds. The number of hydrogen-bond donors (Lipinski definition) is 2. The van der Waals surface area contributed by atoms with Gasteiger partial charge in [-0.2, -0.15) is 9.97 Å². The zero-order valence-electron chi connectivity index (χ0n) is 11.1. The minimum Gasteiger partial charge on any atom is -0.469 e. The van der Waals surface area contributed by atoms with Gasteiger partial charge >= 0.3 is 5.97 Å². The lowest BCUT2D eigenvalue weighted by Crippen LogP contribution is -2.14. The van der Waals surface area contributed by atoms with Gasteiger partial charge in [0.25, 0.3) is 0 Å². The summed E-state index contributed by atoms with van der Waals surface area (Å²) in [5, 5.41) is 0. The van der Waals surface area contributed by atoms with Gasteiger partial charge in [-0.15, -0.1) is 0 Å². The number of nitrogens with two attached hydrogens (primary N) is 2. The van der Waals surface area contributed by atoms with Crippen molar-refractivity contribution in [2.75, 3.05) is 18.6 Å². The fourth-order valence-electron chi connectivity index (χ4n) is 2.81. The van der Waals surface area contributed by atoms with Crippen molar-refractivity contribution >= 4 is 28.9 Å². The molecule has 0 bridgehead atoms. The molecule has 1 fully saturated rings. The van der Waals surface area contributed by atoms with E-state index in [1.54, 1.807) is 6.33 Å². The van der Waals surface area contributed by atoms with Gasteiger partial charge in [-0.1, -0.05) is 0 Å². The largest absolute Gasteiger partial charge is 0.469 e. The van der Waals surface area contributed by atoms with Crippen molar-refractivity contribution in [2.45, 2.75) is 25.3 Å². The van der Waals surface area contributed by atoms with E-state index in [1.165, 1.54) is 7.11 Å². The maximum absolute atomic E-state index is 11.6. The Hall–Kier alpha value is -2.38. The van der Waals surface area contributed by atoms with Crippen LogP contribution in [0.15, 0.2) is 6.33 Å². The summed E-state index contributed by atoms with van der Waals surface area (Å²) in [6, 6.07) is 0.151. The van der Waals surface area contributed by atoms with E-state index in [0.29, 0.717) is 17.6 Å². The van der Waals surface area contributed by atoms with Gasteiger partial charge in [-0.25, -0.2) is 4.98 Å². The summed E-state index contributed by atoms with van der Waals surface area (Å²) >= 11 is 0. The lowest BCUT2D eigenvalue weighted by molar-refractivity contribution is -0.145. The van der Waals surface area contributed by atoms with Crippen molar-refractivity contribution in [3.63, 3.8) is 0 Å². The predicted octanol–water partition coefficient (Wildman–Crippen LogP) is 0.505. The summed E-state index contributed by atoms with van der Waals surface area (Å²) in [6.45, 7) is 0. The molecule has 8 heteroatoms. The highest BCUT2D eigenvalue weighted by molar-refractivity contribution is 5.82. The quantitative estimate of drug-likeness (QED) is 0.766. The number of nitrogen functional groups attached to an aromatic ring is 2. The third-order valence-electron chi connectivity index (χ3n) is 3.80. The molecule has 1 aliphatic carbocycles. The van der Waals surface area contributed by atoms with Gasteiger partial charge in [0, 0.05) is 6.04 Å². The molecule has 3 rings (SSSR count). The number of fused-ring (bicyclic) bond motifs is 1. The monoisotopic (exact) mass is 276 g/mol. The number of rotatable bonds is 2. The second-order valence-electron chi connectivity index (χ2n) is 4.98. The van der Waals surface area contributed by atoms with Gasteiger partial charge in [0.1, 0.15) is 5.52 Å². The maximum Gasteiger partial charge on any atom is 0.308 e. The molecule has 8 nitrogen and oxygen atoms in total. The predicted molar refractivity (Wildman–Crippen MR) is 72.5 cm³/mol. The summed E-state index contributed by atoms with van der Waals surface area (Å²) in [5.41, 5.74) is 12.6. The van der Waals surface area contributed by atoms with E-state index in [9.17, 15) is 4.79 Å². The van der Waals surface area contributed by atoms with E-state index in [0.717, 1.165) is 12.8 Å². The van der Waals surface area contributed by atoms with Crippen LogP contribution in [0, 0.1) is 5.92 Å². The summed E-state index contributed by atoms with van der Waals surface area (Å²) in [6.07, 6.45) is 4.06. The normalized spacial score (nSPS) is 22.2. The number of nitrogens with zero attached hydrogens (tertiary/aromatic N) is 4. The Morgan fingerprint density at radius 2 is 2.20 bits per heavy atom. The van der Waals surface area contributed by atoms with E-state index >= 15 is 0 Å². The minimum absolute atomic E-state index is 0.0704. The smallest absolute Gasteiger partial charge is 0.308 e. The average Bonchev–Trinajstić information content (AvgIpc) is 3.03. The van der Waals surface area contributed by atoms with Crippen LogP contribution in [0.2, 0.25) is 0 Å². The molecule has 2 heterocycles. The number of anilines is 2. The molecule has 0 saturated heterocycles. The van der Waals surface area contributed by atoms with Crippen LogP contribution in [-0.2, 0) is 9.53 Å². The highest BCUT2D eigenvalue weighted by atomic mass is 16.5. The van der Waals surface area contributed by atoms with E-state index in [1.807, 2.05) is 4.57 Å². The molecule has 2 atom stereocenters. The zero-order chi connectivity index (χ0) is 14.3. The van der Waals surface area contributed by atoms with Crippen molar-refractivity contribution in [2.24, 2.45) is 5.92 Å². The summed E-state index contributed by atoms with van der Waals surface area (Å²) in [7, 11) is 1.41. The first kappa shape index (κ1) is 12.6. The fraction of sp³-hybridized carbons (Fsp3) is 0.500. The van der Waals surface area contributed by atoms with Crippen molar-refractivity contribution in [1.29, 1.82) is 0 Å². The van der Waals surface area contributed by atoms with Crippen molar-refractivity contribution < 1.29 is 9.53 Å². The van der Waals surface area contributed by atoms with Gasteiger partial charge in [0.05, 0.1) is 19.4 Å². The maximum atomic E-state index is 11.6. The van der Waals surface area contributed by atoms with Crippen LogP contribution in [0.4, 0.5) is 11.8 Å². The van der Waals surface area contributed by atoms with Crippen LogP contribution in [0.1, 0.15) is 25.3 Å². The van der Waals surface area contributed by atoms with Gasteiger partial charge in [-0.05, 0) is 19.3 Å². The van der Waals surface area contributed by atoms with Gasteiger partial charge in [-0.3, -0.25) is 4.79 Å². The van der Waals surface area contributed by atoms with E-state index in [4.69, 9.17) is 16.2 Å². The Balaban J connectivity index is 1.94. The lowest BCUT2D eigenvalue weighted by Gasteiger charge is -2.12. The molecule has 2 aromatic heterocycles. The number of carbonyl (C=O) groups is 1. The molecule has 1 aliphatic rings. The molecule has 1 saturated carbocycles. The van der Waals surface area contributed by atoms with Crippen LogP contribution >= 0.6 is 0 Å². The lowest BCUT2D eigenvalue weighted by atomic mass is 10.1. The van der Waals surface area contributed by atoms with Crippen molar-refractivity contribution in [3.8, 4) is 0 Å². The number of hydrogen-bond acceptors (Lipinski definition) is 7. The van der Waals surface area contributed by atoms with Crippen molar-refractivity contribution in [3.05, 3.63) is 6.33 Å². The molecule has 0 aliphatic heterocycles. The third kappa shape index (κ3) is 1.93. The third-order valence-corrected chi connectivity index (χ3v) is 3.80. The second-order valence-corrected chi connectivity index (χ2v) is 4.98. The standard InChI is InChI=1S/C12H16N6O2/c1-20-11(19)6-2-3-7(4-6)18-5-15-8-9(13)16-12(14)17-10(8)18/h5-7H,2-4H2,1H3,(H4,13,14,16,17)/t6-,7-/m1/s1. The second kappa shape index (κ2) is 4.62. The Kier molecular flexibility index (Phi) is 2.92.